The second-order valence-corrected chi connectivity index (χ2v) is 4.38. The van der Waals surface area contributed by atoms with Gasteiger partial charge in [-0.15, -0.1) is 5.10 Å². The van der Waals surface area contributed by atoms with Crippen molar-refractivity contribution in [3.05, 3.63) is 42.2 Å². The summed E-state index contributed by atoms with van der Waals surface area (Å²) in [5, 5.41) is 13.2. The summed E-state index contributed by atoms with van der Waals surface area (Å²) in [7, 11) is 1.55. The van der Waals surface area contributed by atoms with E-state index in [1.165, 1.54) is 11.0 Å². The highest BCUT2D eigenvalue weighted by Gasteiger charge is 2.12. The van der Waals surface area contributed by atoms with Gasteiger partial charge in [0.2, 0.25) is 5.91 Å². The molecule has 1 aromatic heterocycles. The van der Waals surface area contributed by atoms with Crippen LogP contribution in [0.15, 0.2) is 36.5 Å². The first-order valence-corrected chi connectivity index (χ1v) is 6.72. The normalized spacial score (nSPS) is 10.2. The molecule has 2 rings (SSSR count). The third kappa shape index (κ3) is 4.38. The predicted octanol–water partition coefficient (Wildman–Crippen LogP) is -0.240. The monoisotopic (exact) mass is 303 g/mol. The summed E-state index contributed by atoms with van der Waals surface area (Å²) < 4.78 is 4.81. The predicted molar refractivity (Wildman–Crippen MR) is 78.6 cm³/mol. The average molecular weight is 303 g/mol. The maximum atomic E-state index is 11.9. The van der Waals surface area contributed by atoms with Gasteiger partial charge in [-0.3, -0.25) is 9.59 Å². The molecule has 2 amide bonds. The standard InChI is InChI=1S/C14H17N5O3/c1-22-8-7-15-13(20)10-16-14(21)12-9-17-19(18-12)11-5-3-2-4-6-11/h2-6,9H,7-8,10H2,1H3,(H,15,20)(H,16,21). The van der Waals surface area contributed by atoms with Crippen molar-refractivity contribution in [3.8, 4) is 5.69 Å². The molecule has 2 aromatic rings. The van der Waals surface area contributed by atoms with E-state index in [0.29, 0.717) is 13.2 Å². The molecule has 0 unspecified atom stereocenters. The smallest absolute Gasteiger partial charge is 0.273 e. The van der Waals surface area contributed by atoms with E-state index in [1.807, 2.05) is 30.3 Å². The molecule has 8 nitrogen and oxygen atoms in total. The zero-order chi connectivity index (χ0) is 15.8. The largest absolute Gasteiger partial charge is 0.383 e. The Hall–Kier alpha value is -2.74. The fourth-order valence-corrected chi connectivity index (χ4v) is 1.66. The number of nitrogens with one attached hydrogen (secondary N) is 2. The topological polar surface area (TPSA) is 98.1 Å². The molecular weight excluding hydrogens is 286 g/mol. The Kier molecular flexibility index (Phi) is 5.61. The van der Waals surface area contributed by atoms with E-state index in [-0.39, 0.29) is 18.1 Å². The molecule has 0 radical (unpaired) electrons. The van der Waals surface area contributed by atoms with E-state index < -0.39 is 5.91 Å². The van der Waals surface area contributed by atoms with Crippen LogP contribution in [-0.2, 0) is 9.53 Å². The lowest BCUT2D eigenvalue weighted by atomic mass is 10.3. The van der Waals surface area contributed by atoms with Gasteiger partial charge in [0.1, 0.15) is 0 Å². The molecule has 0 aliphatic rings. The summed E-state index contributed by atoms with van der Waals surface area (Å²) >= 11 is 0. The first-order chi connectivity index (χ1) is 10.7. The van der Waals surface area contributed by atoms with Crippen molar-refractivity contribution >= 4 is 11.8 Å². The van der Waals surface area contributed by atoms with Crippen molar-refractivity contribution in [2.75, 3.05) is 26.8 Å². The number of carbonyl (C=O) groups excluding carboxylic acids is 2. The number of methoxy groups -OCH3 is 1. The van der Waals surface area contributed by atoms with Crippen LogP contribution in [0.4, 0.5) is 0 Å². The minimum absolute atomic E-state index is 0.124. The van der Waals surface area contributed by atoms with Crippen LogP contribution in [0.25, 0.3) is 5.69 Å². The molecule has 1 aromatic carbocycles. The van der Waals surface area contributed by atoms with Gasteiger partial charge in [-0.2, -0.15) is 9.90 Å². The summed E-state index contributed by atoms with van der Waals surface area (Å²) in [6, 6.07) is 9.23. The van der Waals surface area contributed by atoms with Crippen LogP contribution in [0.1, 0.15) is 10.5 Å². The molecule has 0 atom stereocenters. The van der Waals surface area contributed by atoms with E-state index in [2.05, 4.69) is 20.8 Å². The van der Waals surface area contributed by atoms with Crippen molar-refractivity contribution in [1.82, 2.24) is 25.6 Å². The summed E-state index contributed by atoms with van der Waals surface area (Å²) in [5.74, 6) is -0.745. The molecule has 0 aliphatic heterocycles. The minimum Gasteiger partial charge on any atom is -0.383 e. The lowest BCUT2D eigenvalue weighted by molar-refractivity contribution is -0.120. The molecule has 0 saturated carbocycles. The summed E-state index contributed by atoms with van der Waals surface area (Å²) in [5.41, 5.74) is 0.896. The van der Waals surface area contributed by atoms with E-state index in [1.54, 1.807) is 7.11 Å². The number of para-hydroxylation sites is 1. The van der Waals surface area contributed by atoms with E-state index in [4.69, 9.17) is 4.74 Å². The van der Waals surface area contributed by atoms with Crippen molar-refractivity contribution < 1.29 is 14.3 Å². The quantitative estimate of drug-likeness (QED) is 0.688. The highest BCUT2D eigenvalue weighted by Crippen LogP contribution is 2.03. The average Bonchev–Trinajstić information content (AvgIpc) is 3.04. The lowest BCUT2D eigenvalue weighted by Gasteiger charge is -2.05. The van der Waals surface area contributed by atoms with Crippen LogP contribution in [0.2, 0.25) is 0 Å². The molecule has 0 spiro atoms. The van der Waals surface area contributed by atoms with Crippen molar-refractivity contribution in [3.63, 3.8) is 0 Å². The maximum Gasteiger partial charge on any atom is 0.273 e. The highest BCUT2D eigenvalue weighted by atomic mass is 16.5. The SMILES string of the molecule is COCCNC(=O)CNC(=O)c1cnn(-c2ccccc2)n1. The van der Waals surface area contributed by atoms with Gasteiger partial charge in [-0.05, 0) is 12.1 Å². The summed E-state index contributed by atoms with van der Waals surface area (Å²) in [6.07, 6.45) is 1.35. The van der Waals surface area contributed by atoms with Crippen molar-refractivity contribution in [2.45, 2.75) is 0 Å². The second kappa shape index (κ2) is 7.89. The number of nitrogens with zero attached hydrogens (tertiary/aromatic N) is 3. The number of benzene rings is 1. The lowest BCUT2D eigenvalue weighted by Crippen LogP contribution is -2.38. The Morgan fingerprint density at radius 3 is 2.73 bits per heavy atom. The van der Waals surface area contributed by atoms with Crippen LogP contribution >= 0.6 is 0 Å². The molecule has 1 heterocycles. The number of hydrogen-bond donors (Lipinski definition) is 2. The molecule has 0 bridgehead atoms. The molecular formula is C14H17N5O3. The molecule has 0 saturated heterocycles. The van der Waals surface area contributed by atoms with Crippen LogP contribution < -0.4 is 10.6 Å². The Bertz CT molecular complexity index is 626. The van der Waals surface area contributed by atoms with Crippen LogP contribution in [-0.4, -0.2) is 53.6 Å². The molecule has 0 fully saturated rings. The third-order valence-corrected chi connectivity index (χ3v) is 2.75. The van der Waals surface area contributed by atoms with Gasteiger partial charge in [-0.1, -0.05) is 18.2 Å². The van der Waals surface area contributed by atoms with Gasteiger partial charge >= 0.3 is 0 Å². The van der Waals surface area contributed by atoms with Crippen LogP contribution in [0.5, 0.6) is 0 Å². The number of aromatic nitrogens is 3. The molecule has 116 valence electrons. The van der Waals surface area contributed by atoms with Gasteiger partial charge in [0.15, 0.2) is 5.69 Å². The van der Waals surface area contributed by atoms with E-state index in [9.17, 15) is 9.59 Å². The number of hydrogen-bond acceptors (Lipinski definition) is 5. The summed E-state index contributed by atoms with van der Waals surface area (Å²) in [4.78, 5) is 24.7. The maximum absolute atomic E-state index is 11.9. The third-order valence-electron chi connectivity index (χ3n) is 2.75. The van der Waals surface area contributed by atoms with Crippen LogP contribution in [0, 0.1) is 0 Å². The van der Waals surface area contributed by atoms with Gasteiger partial charge in [0, 0.05) is 13.7 Å². The first-order valence-electron chi connectivity index (χ1n) is 6.72. The van der Waals surface area contributed by atoms with Gasteiger partial charge < -0.3 is 15.4 Å². The summed E-state index contributed by atoms with van der Waals surface area (Å²) in [6.45, 7) is 0.696. The fourth-order valence-electron chi connectivity index (χ4n) is 1.66. The van der Waals surface area contributed by atoms with E-state index in [0.717, 1.165) is 5.69 Å². The minimum atomic E-state index is -0.455. The first kappa shape index (κ1) is 15.6. The Morgan fingerprint density at radius 1 is 1.23 bits per heavy atom. The van der Waals surface area contributed by atoms with Gasteiger partial charge in [-0.25, -0.2) is 0 Å². The van der Waals surface area contributed by atoms with E-state index >= 15 is 0 Å². The fraction of sp³-hybridized carbons (Fsp3) is 0.286. The molecule has 2 N–H and O–H groups in total. The Balaban J connectivity index is 1.86. The molecule has 0 aliphatic carbocycles. The number of ether oxygens (including phenoxy) is 1. The second-order valence-electron chi connectivity index (χ2n) is 4.38. The zero-order valence-electron chi connectivity index (χ0n) is 12.2. The molecule has 22 heavy (non-hydrogen) atoms. The number of rotatable bonds is 7. The number of carbonyl (C=O) groups is 2. The van der Waals surface area contributed by atoms with Crippen molar-refractivity contribution in [1.29, 1.82) is 0 Å². The van der Waals surface area contributed by atoms with Crippen LogP contribution in [0.3, 0.4) is 0 Å². The highest BCUT2D eigenvalue weighted by molar-refractivity contribution is 5.94. The Morgan fingerprint density at radius 2 is 2.00 bits per heavy atom. The van der Waals surface area contributed by atoms with Crippen molar-refractivity contribution in [2.24, 2.45) is 0 Å². The number of amides is 2. The van der Waals surface area contributed by atoms with Gasteiger partial charge in [0.25, 0.3) is 5.91 Å². The zero-order valence-corrected chi connectivity index (χ0v) is 12.2. The van der Waals surface area contributed by atoms with Gasteiger partial charge in [0.05, 0.1) is 25.0 Å². The molecule has 8 heteroatoms. The Labute approximate surface area is 127 Å².